The zero-order valence-corrected chi connectivity index (χ0v) is 17.7. The van der Waals surface area contributed by atoms with Gasteiger partial charge in [-0.15, -0.1) is 11.3 Å². The highest BCUT2D eigenvalue weighted by atomic mass is 32.1. The number of Topliss-reactive ketones (excluding diaryl/α,β-unsaturated/α-hetero) is 1. The van der Waals surface area contributed by atoms with Gasteiger partial charge in [0, 0.05) is 27.6 Å². The summed E-state index contributed by atoms with van der Waals surface area (Å²) in [7, 11) is 1.59. The maximum absolute atomic E-state index is 13.0. The summed E-state index contributed by atoms with van der Waals surface area (Å²) in [5.41, 5.74) is 2.24. The first-order valence-corrected chi connectivity index (χ1v) is 11.0. The zero-order valence-electron chi connectivity index (χ0n) is 16.8. The van der Waals surface area contributed by atoms with Crippen molar-refractivity contribution in [1.82, 2.24) is 4.57 Å². The molecule has 1 fully saturated rings. The van der Waals surface area contributed by atoms with Crippen LogP contribution >= 0.6 is 11.3 Å². The van der Waals surface area contributed by atoms with Crippen LogP contribution < -0.4 is 10.2 Å². The average molecular weight is 426 g/mol. The monoisotopic (exact) mass is 425 g/mol. The van der Waals surface area contributed by atoms with Crippen molar-refractivity contribution < 1.29 is 19.7 Å². The molecule has 2 unspecified atom stereocenters. The summed E-state index contributed by atoms with van der Waals surface area (Å²) in [5.74, 6) is 0.359. The Labute approximate surface area is 177 Å². The van der Waals surface area contributed by atoms with Crippen LogP contribution in [0.2, 0.25) is 0 Å². The highest BCUT2D eigenvalue weighted by molar-refractivity contribution is 7.15. The van der Waals surface area contributed by atoms with Gasteiger partial charge in [0.2, 0.25) is 0 Å². The number of ether oxygens (including phenoxy) is 1. The Morgan fingerprint density at radius 1 is 1.23 bits per heavy atom. The molecule has 0 aliphatic heterocycles. The summed E-state index contributed by atoms with van der Waals surface area (Å²) in [5, 5.41) is 20.9. The van der Waals surface area contributed by atoms with Crippen LogP contribution in [0.3, 0.4) is 0 Å². The number of aliphatic hydroxyl groups excluding tert-OH is 2. The lowest BCUT2D eigenvalue weighted by Crippen LogP contribution is -2.23. The van der Waals surface area contributed by atoms with Crippen molar-refractivity contribution in [2.75, 3.05) is 7.11 Å². The molecule has 0 spiro atoms. The van der Waals surface area contributed by atoms with Gasteiger partial charge in [-0.25, -0.2) is 0 Å². The number of benzene rings is 1. The van der Waals surface area contributed by atoms with Crippen molar-refractivity contribution >= 4 is 28.0 Å². The number of thiophene rings is 1. The molecule has 2 N–H and O–H groups in total. The minimum absolute atomic E-state index is 0.202. The summed E-state index contributed by atoms with van der Waals surface area (Å²) < 4.78 is 7.83. The van der Waals surface area contributed by atoms with E-state index in [4.69, 9.17) is 4.74 Å². The molecule has 6 nitrogen and oxygen atoms in total. The topological polar surface area (TPSA) is 88.8 Å². The first-order valence-electron chi connectivity index (χ1n) is 10.2. The number of aliphatic hydroxyl groups is 2. The molecule has 2 atom stereocenters. The lowest BCUT2D eigenvalue weighted by atomic mass is 9.93. The third-order valence-corrected chi connectivity index (χ3v) is 7.37. The number of aromatic nitrogens is 1. The standard InChI is InChI=1S/C23H23NO5S/c1-11(25)16-10-24(12-3-4-12)20-14(21(16)27)6-5-13(23(20)29-2)19-9-15-18(30-19)8-7-17(26)22(15)28/h5-6,9-10,12,17,22,26,28H,3-4,7-8H2,1-2H3. The molecule has 156 valence electrons. The van der Waals surface area contributed by atoms with Crippen molar-refractivity contribution in [3.63, 3.8) is 0 Å². The Morgan fingerprint density at radius 3 is 2.67 bits per heavy atom. The predicted molar refractivity (Wildman–Crippen MR) is 116 cm³/mol. The summed E-state index contributed by atoms with van der Waals surface area (Å²) in [6, 6.07) is 5.79. The number of hydrogen-bond acceptors (Lipinski definition) is 6. The van der Waals surface area contributed by atoms with Crippen molar-refractivity contribution in [3.05, 3.63) is 50.6 Å². The number of ketones is 1. The van der Waals surface area contributed by atoms with E-state index < -0.39 is 12.2 Å². The van der Waals surface area contributed by atoms with Gasteiger partial charge in [0.1, 0.15) is 6.10 Å². The number of methoxy groups -OCH3 is 1. The van der Waals surface area contributed by atoms with Gasteiger partial charge in [0.25, 0.3) is 0 Å². The Morgan fingerprint density at radius 2 is 2.00 bits per heavy atom. The Bertz CT molecular complexity index is 1240. The van der Waals surface area contributed by atoms with Crippen molar-refractivity contribution in [3.8, 4) is 16.2 Å². The van der Waals surface area contributed by atoms with E-state index in [9.17, 15) is 19.8 Å². The van der Waals surface area contributed by atoms with Gasteiger partial charge < -0.3 is 19.5 Å². The second-order valence-electron chi connectivity index (χ2n) is 8.15. The number of rotatable bonds is 4. The van der Waals surface area contributed by atoms with Crippen molar-refractivity contribution in [1.29, 1.82) is 0 Å². The molecule has 1 saturated carbocycles. The van der Waals surface area contributed by atoms with Gasteiger partial charge >= 0.3 is 0 Å². The number of fused-ring (bicyclic) bond motifs is 2. The number of carbonyl (C=O) groups is 1. The molecular formula is C23H23NO5S. The molecule has 7 heteroatoms. The van der Waals surface area contributed by atoms with Gasteiger partial charge in [-0.05, 0) is 56.4 Å². The van der Waals surface area contributed by atoms with Crippen LogP contribution in [0.4, 0.5) is 0 Å². The van der Waals surface area contributed by atoms with E-state index in [0.29, 0.717) is 23.1 Å². The maximum atomic E-state index is 13.0. The minimum Gasteiger partial charge on any atom is -0.494 e. The third-order valence-electron chi connectivity index (χ3n) is 6.13. The second-order valence-corrected chi connectivity index (χ2v) is 9.29. The average Bonchev–Trinajstić information content (AvgIpc) is 3.48. The van der Waals surface area contributed by atoms with E-state index in [1.807, 2.05) is 16.7 Å². The van der Waals surface area contributed by atoms with Crippen LogP contribution in [0.1, 0.15) is 59.1 Å². The number of aryl methyl sites for hydroxylation is 1. The molecule has 30 heavy (non-hydrogen) atoms. The van der Waals surface area contributed by atoms with Gasteiger partial charge in [-0.1, -0.05) is 0 Å². The molecule has 0 amide bonds. The summed E-state index contributed by atoms with van der Waals surface area (Å²) in [4.78, 5) is 27.0. The Balaban J connectivity index is 1.77. The maximum Gasteiger partial charge on any atom is 0.200 e. The first kappa shape index (κ1) is 19.5. The fraction of sp³-hybridized carbons (Fsp3) is 0.391. The molecule has 0 radical (unpaired) electrons. The minimum atomic E-state index is -0.882. The summed E-state index contributed by atoms with van der Waals surface area (Å²) in [6.07, 6.45) is 3.31. The fourth-order valence-corrected chi connectivity index (χ4v) is 5.62. The van der Waals surface area contributed by atoms with Crippen LogP contribution in [-0.2, 0) is 6.42 Å². The normalized spacial score (nSPS) is 20.9. The predicted octanol–water partition coefficient (Wildman–Crippen LogP) is 3.62. The first-order chi connectivity index (χ1) is 14.4. The number of hydrogen-bond donors (Lipinski definition) is 2. The van der Waals surface area contributed by atoms with E-state index >= 15 is 0 Å². The van der Waals surface area contributed by atoms with E-state index in [1.165, 1.54) is 6.92 Å². The molecule has 2 aromatic heterocycles. The van der Waals surface area contributed by atoms with E-state index in [0.717, 1.165) is 40.1 Å². The number of nitrogens with zero attached hydrogens (tertiary/aromatic N) is 1. The SMILES string of the molecule is COc1c(-c2cc3c(s2)CCC(O)C3O)ccc2c(=O)c(C(C)=O)cn(C3CC3)c12. The van der Waals surface area contributed by atoms with E-state index in [2.05, 4.69) is 0 Å². The smallest absolute Gasteiger partial charge is 0.200 e. The highest BCUT2D eigenvalue weighted by Crippen LogP contribution is 2.46. The number of carbonyl (C=O) groups excluding carboxylic acids is 1. The molecule has 2 aliphatic rings. The van der Waals surface area contributed by atoms with Crippen LogP contribution in [0, 0.1) is 0 Å². The van der Waals surface area contributed by atoms with Gasteiger partial charge in [0.05, 0.1) is 29.7 Å². The fourth-order valence-electron chi connectivity index (χ4n) is 4.38. The zero-order chi connectivity index (χ0) is 21.2. The summed E-state index contributed by atoms with van der Waals surface area (Å²) in [6.45, 7) is 1.42. The van der Waals surface area contributed by atoms with Gasteiger partial charge in [-0.2, -0.15) is 0 Å². The molecule has 0 bridgehead atoms. The number of pyridine rings is 1. The Hall–Kier alpha value is -2.48. The van der Waals surface area contributed by atoms with Gasteiger partial charge in [0.15, 0.2) is 17.0 Å². The Kier molecular flexibility index (Phi) is 4.57. The molecule has 3 aromatic rings. The third kappa shape index (κ3) is 2.92. The largest absolute Gasteiger partial charge is 0.494 e. The van der Waals surface area contributed by atoms with Crippen LogP contribution in [0.15, 0.2) is 29.2 Å². The molecule has 1 aromatic carbocycles. The second kappa shape index (κ2) is 7.04. The van der Waals surface area contributed by atoms with Crippen LogP contribution in [0.5, 0.6) is 5.75 Å². The molecule has 0 saturated heterocycles. The molecule has 2 aliphatic carbocycles. The highest BCUT2D eigenvalue weighted by Gasteiger charge is 2.31. The molecule has 5 rings (SSSR count). The van der Waals surface area contributed by atoms with Crippen LogP contribution in [-0.4, -0.2) is 33.8 Å². The quantitative estimate of drug-likeness (QED) is 0.624. The van der Waals surface area contributed by atoms with Crippen LogP contribution in [0.25, 0.3) is 21.3 Å². The summed E-state index contributed by atoms with van der Waals surface area (Å²) >= 11 is 1.58. The lowest BCUT2D eigenvalue weighted by molar-refractivity contribution is 0.00727. The van der Waals surface area contributed by atoms with Crippen molar-refractivity contribution in [2.24, 2.45) is 0 Å². The van der Waals surface area contributed by atoms with E-state index in [1.54, 1.807) is 30.7 Å². The van der Waals surface area contributed by atoms with Crippen molar-refractivity contribution in [2.45, 2.75) is 50.9 Å². The lowest BCUT2D eigenvalue weighted by Gasteiger charge is -2.23. The van der Waals surface area contributed by atoms with E-state index in [-0.39, 0.29) is 22.8 Å². The molecular weight excluding hydrogens is 402 g/mol. The molecule has 2 heterocycles. The van der Waals surface area contributed by atoms with Gasteiger partial charge in [-0.3, -0.25) is 9.59 Å².